The van der Waals surface area contributed by atoms with E-state index in [2.05, 4.69) is 29.7 Å². The summed E-state index contributed by atoms with van der Waals surface area (Å²) in [5.74, 6) is 0.817. The minimum Gasteiger partial charge on any atom is -0.301 e. The highest BCUT2D eigenvalue weighted by molar-refractivity contribution is 4.81. The van der Waals surface area contributed by atoms with Crippen LogP contribution >= 0.6 is 0 Å². The minimum absolute atomic E-state index is 0.596. The van der Waals surface area contributed by atoms with Crippen LogP contribution in [-0.2, 0) is 0 Å². The zero-order valence-corrected chi connectivity index (χ0v) is 10.1. The lowest BCUT2D eigenvalue weighted by Crippen LogP contribution is -2.47. The summed E-state index contributed by atoms with van der Waals surface area (Å²) in [5, 5.41) is 8.59. The van der Waals surface area contributed by atoms with Gasteiger partial charge in [0, 0.05) is 32.7 Å². The largest absolute Gasteiger partial charge is 0.301 e. The van der Waals surface area contributed by atoms with E-state index in [1.54, 1.807) is 0 Å². The van der Waals surface area contributed by atoms with Gasteiger partial charge in [0.2, 0.25) is 0 Å². The molecule has 86 valence electrons. The molecule has 1 rings (SSSR count). The topological polar surface area (TPSA) is 30.3 Å². The maximum absolute atomic E-state index is 8.59. The molecule has 0 aliphatic carbocycles. The first-order valence-corrected chi connectivity index (χ1v) is 6.08. The van der Waals surface area contributed by atoms with Crippen LogP contribution in [0.4, 0.5) is 0 Å². The molecule has 3 nitrogen and oxygen atoms in total. The Morgan fingerprint density at radius 3 is 2.33 bits per heavy atom. The number of hydrogen-bond donors (Lipinski definition) is 0. The fourth-order valence-corrected chi connectivity index (χ4v) is 2.25. The summed E-state index contributed by atoms with van der Waals surface area (Å²) >= 11 is 0. The molecule has 1 atom stereocenters. The SMILES string of the molecule is CCCC(C)CN1CCN(CC#N)CC1. The Labute approximate surface area is 93.7 Å². The molecule has 0 bridgehead atoms. The van der Waals surface area contributed by atoms with Crippen molar-refractivity contribution >= 4 is 0 Å². The van der Waals surface area contributed by atoms with Crippen molar-refractivity contribution in [2.75, 3.05) is 39.3 Å². The predicted molar refractivity (Wildman–Crippen MR) is 62.6 cm³/mol. The van der Waals surface area contributed by atoms with Crippen molar-refractivity contribution < 1.29 is 0 Å². The Kier molecular flexibility index (Phi) is 5.67. The van der Waals surface area contributed by atoms with E-state index in [4.69, 9.17) is 5.26 Å². The molecule has 1 saturated heterocycles. The molecule has 0 amide bonds. The van der Waals surface area contributed by atoms with E-state index in [1.165, 1.54) is 19.4 Å². The Morgan fingerprint density at radius 1 is 1.20 bits per heavy atom. The molecule has 0 spiro atoms. The van der Waals surface area contributed by atoms with Gasteiger partial charge in [-0.15, -0.1) is 0 Å². The normalized spacial score (nSPS) is 21.1. The van der Waals surface area contributed by atoms with Gasteiger partial charge in [-0.05, 0) is 12.3 Å². The molecular weight excluding hydrogens is 186 g/mol. The fourth-order valence-electron chi connectivity index (χ4n) is 2.25. The van der Waals surface area contributed by atoms with E-state index in [0.717, 1.165) is 32.1 Å². The molecule has 0 aromatic heterocycles. The highest BCUT2D eigenvalue weighted by Crippen LogP contribution is 2.09. The van der Waals surface area contributed by atoms with Crippen LogP contribution in [0.3, 0.4) is 0 Å². The van der Waals surface area contributed by atoms with Crippen LogP contribution < -0.4 is 0 Å². The molecule has 0 N–H and O–H groups in total. The molecule has 15 heavy (non-hydrogen) atoms. The van der Waals surface area contributed by atoms with E-state index in [0.29, 0.717) is 6.54 Å². The Bertz CT molecular complexity index is 201. The van der Waals surface area contributed by atoms with Gasteiger partial charge < -0.3 is 4.90 Å². The van der Waals surface area contributed by atoms with Gasteiger partial charge in [-0.1, -0.05) is 20.3 Å². The third-order valence-corrected chi connectivity index (χ3v) is 3.11. The van der Waals surface area contributed by atoms with Gasteiger partial charge in [0.05, 0.1) is 12.6 Å². The van der Waals surface area contributed by atoms with Crippen LogP contribution in [0, 0.1) is 17.2 Å². The first-order chi connectivity index (χ1) is 7.26. The number of hydrogen-bond acceptors (Lipinski definition) is 3. The van der Waals surface area contributed by atoms with E-state index in [-0.39, 0.29) is 0 Å². The van der Waals surface area contributed by atoms with E-state index >= 15 is 0 Å². The summed E-state index contributed by atoms with van der Waals surface area (Å²) in [6.07, 6.45) is 2.62. The Morgan fingerprint density at radius 2 is 1.80 bits per heavy atom. The molecular formula is C12H23N3. The lowest BCUT2D eigenvalue weighted by molar-refractivity contribution is 0.128. The van der Waals surface area contributed by atoms with Crippen molar-refractivity contribution in [1.29, 1.82) is 5.26 Å². The van der Waals surface area contributed by atoms with Crippen molar-refractivity contribution in [1.82, 2.24) is 9.80 Å². The van der Waals surface area contributed by atoms with Crippen LogP contribution in [0.1, 0.15) is 26.7 Å². The second kappa shape index (κ2) is 6.81. The number of rotatable bonds is 5. The minimum atomic E-state index is 0.596. The second-order valence-corrected chi connectivity index (χ2v) is 4.63. The quantitative estimate of drug-likeness (QED) is 0.644. The average molecular weight is 209 g/mol. The van der Waals surface area contributed by atoms with Gasteiger partial charge in [0.25, 0.3) is 0 Å². The number of piperazine rings is 1. The van der Waals surface area contributed by atoms with Gasteiger partial charge >= 0.3 is 0 Å². The average Bonchev–Trinajstić information content (AvgIpc) is 2.22. The predicted octanol–water partition coefficient (Wildman–Crippen LogP) is 1.56. The zero-order valence-electron chi connectivity index (χ0n) is 10.1. The molecule has 1 fully saturated rings. The van der Waals surface area contributed by atoms with E-state index in [1.807, 2.05) is 0 Å². The van der Waals surface area contributed by atoms with Crippen molar-refractivity contribution in [3.63, 3.8) is 0 Å². The molecule has 3 heteroatoms. The van der Waals surface area contributed by atoms with Crippen LogP contribution in [0.2, 0.25) is 0 Å². The van der Waals surface area contributed by atoms with Gasteiger partial charge in [-0.2, -0.15) is 5.26 Å². The van der Waals surface area contributed by atoms with Crippen molar-refractivity contribution in [2.45, 2.75) is 26.7 Å². The summed E-state index contributed by atoms with van der Waals surface area (Å²) in [7, 11) is 0. The summed E-state index contributed by atoms with van der Waals surface area (Å²) in [6.45, 7) is 10.8. The van der Waals surface area contributed by atoms with Crippen molar-refractivity contribution in [3.05, 3.63) is 0 Å². The second-order valence-electron chi connectivity index (χ2n) is 4.63. The monoisotopic (exact) mass is 209 g/mol. The summed E-state index contributed by atoms with van der Waals surface area (Å²) in [5.41, 5.74) is 0. The summed E-state index contributed by atoms with van der Waals surface area (Å²) < 4.78 is 0. The summed E-state index contributed by atoms with van der Waals surface area (Å²) in [4.78, 5) is 4.77. The molecule has 1 heterocycles. The third kappa shape index (κ3) is 4.63. The summed E-state index contributed by atoms with van der Waals surface area (Å²) in [6, 6.07) is 2.22. The smallest absolute Gasteiger partial charge is 0.0866 e. The van der Waals surface area contributed by atoms with Crippen LogP contribution in [0.25, 0.3) is 0 Å². The maximum Gasteiger partial charge on any atom is 0.0866 e. The first kappa shape index (κ1) is 12.5. The molecule has 0 aromatic rings. The highest BCUT2D eigenvalue weighted by Gasteiger charge is 2.17. The fraction of sp³-hybridized carbons (Fsp3) is 0.917. The van der Waals surface area contributed by atoms with Crippen LogP contribution in [0.5, 0.6) is 0 Å². The van der Waals surface area contributed by atoms with Crippen molar-refractivity contribution in [2.24, 2.45) is 5.92 Å². The molecule has 0 aromatic carbocycles. The Balaban J connectivity index is 2.17. The Hall–Kier alpha value is -0.590. The molecule has 1 aliphatic heterocycles. The molecule has 1 unspecified atom stereocenters. The molecule has 1 aliphatic rings. The standard InChI is InChI=1S/C12H23N3/c1-3-4-12(2)11-15-9-7-14(6-5-13)8-10-15/h12H,3-4,6-11H2,1-2H3. The number of nitrogens with zero attached hydrogens (tertiary/aromatic N) is 3. The third-order valence-electron chi connectivity index (χ3n) is 3.11. The van der Waals surface area contributed by atoms with Crippen LogP contribution in [-0.4, -0.2) is 49.1 Å². The molecule has 0 radical (unpaired) electrons. The lowest BCUT2D eigenvalue weighted by atomic mass is 10.1. The zero-order chi connectivity index (χ0) is 11.1. The van der Waals surface area contributed by atoms with Gasteiger partial charge in [0.1, 0.15) is 0 Å². The lowest BCUT2D eigenvalue weighted by Gasteiger charge is -2.34. The van der Waals surface area contributed by atoms with Gasteiger partial charge in [-0.3, -0.25) is 4.90 Å². The molecule has 0 saturated carbocycles. The van der Waals surface area contributed by atoms with Gasteiger partial charge in [0.15, 0.2) is 0 Å². The van der Waals surface area contributed by atoms with E-state index in [9.17, 15) is 0 Å². The number of nitriles is 1. The van der Waals surface area contributed by atoms with Crippen molar-refractivity contribution in [3.8, 4) is 6.07 Å². The highest BCUT2D eigenvalue weighted by atomic mass is 15.3. The van der Waals surface area contributed by atoms with Gasteiger partial charge in [-0.25, -0.2) is 0 Å². The first-order valence-electron chi connectivity index (χ1n) is 6.08. The maximum atomic E-state index is 8.59. The van der Waals surface area contributed by atoms with E-state index < -0.39 is 0 Å². The van der Waals surface area contributed by atoms with Crippen LogP contribution in [0.15, 0.2) is 0 Å².